The van der Waals surface area contributed by atoms with E-state index in [1.807, 2.05) is 0 Å². The van der Waals surface area contributed by atoms with Crippen LogP contribution in [0.1, 0.15) is 0 Å². The maximum Gasteiger partial charge on any atom is 0.219 e. The highest BCUT2D eigenvalue weighted by Crippen LogP contribution is 2.29. The Kier molecular flexibility index (Phi) is 3.19. The maximum absolute atomic E-state index is 14.3. The second-order valence-corrected chi connectivity index (χ2v) is 4.46. The van der Waals surface area contributed by atoms with E-state index in [1.54, 1.807) is 30.5 Å². The summed E-state index contributed by atoms with van der Waals surface area (Å²) in [6.07, 6.45) is 4.56. The van der Waals surface area contributed by atoms with Crippen molar-refractivity contribution in [3.05, 3.63) is 54.7 Å². The second kappa shape index (κ2) is 5.16. The molecule has 3 rings (SSSR count). The van der Waals surface area contributed by atoms with Crippen LogP contribution in [-0.4, -0.2) is 15.0 Å². The molecule has 0 saturated heterocycles. The van der Waals surface area contributed by atoms with Gasteiger partial charge in [0.2, 0.25) is 5.95 Å². The summed E-state index contributed by atoms with van der Waals surface area (Å²) in [4.78, 5) is 11.7. The SMILES string of the molecule is Nc1ncc(-c2ccc(-c3cccnc3N)cc2F)cn1. The van der Waals surface area contributed by atoms with Crippen molar-refractivity contribution >= 4 is 11.8 Å². The normalized spacial score (nSPS) is 10.5. The molecule has 21 heavy (non-hydrogen) atoms. The first-order chi connectivity index (χ1) is 10.1. The fourth-order valence-corrected chi connectivity index (χ4v) is 2.06. The molecule has 4 N–H and O–H groups in total. The molecule has 0 amide bonds. The van der Waals surface area contributed by atoms with Gasteiger partial charge in [-0.25, -0.2) is 19.3 Å². The molecule has 104 valence electrons. The molecular formula is C15H12FN5. The van der Waals surface area contributed by atoms with Crippen molar-refractivity contribution in [3.8, 4) is 22.3 Å². The van der Waals surface area contributed by atoms with Crippen molar-refractivity contribution in [1.82, 2.24) is 15.0 Å². The largest absolute Gasteiger partial charge is 0.383 e. The molecule has 1 aromatic carbocycles. The highest BCUT2D eigenvalue weighted by atomic mass is 19.1. The van der Waals surface area contributed by atoms with Crippen molar-refractivity contribution < 1.29 is 4.39 Å². The Morgan fingerprint density at radius 2 is 1.62 bits per heavy atom. The third kappa shape index (κ3) is 2.51. The zero-order chi connectivity index (χ0) is 14.8. The number of halogens is 1. The lowest BCUT2D eigenvalue weighted by Crippen LogP contribution is -1.96. The Hall–Kier alpha value is -3.02. The number of nitrogens with zero attached hydrogens (tertiary/aromatic N) is 3. The summed E-state index contributed by atoms with van der Waals surface area (Å²) in [5.74, 6) is 0.128. The number of anilines is 2. The van der Waals surface area contributed by atoms with Crippen molar-refractivity contribution in [2.75, 3.05) is 11.5 Å². The van der Waals surface area contributed by atoms with Crippen LogP contribution in [0.5, 0.6) is 0 Å². The van der Waals surface area contributed by atoms with E-state index in [1.165, 1.54) is 18.5 Å². The van der Waals surface area contributed by atoms with Gasteiger partial charge in [-0.3, -0.25) is 0 Å². The molecule has 0 radical (unpaired) electrons. The van der Waals surface area contributed by atoms with Gasteiger partial charge in [-0.05, 0) is 23.8 Å². The molecule has 2 heterocycles. The number of benzene rings is 1. The van der Waals surface area contributed by atoms with Gasteiger partial charge in [0.15, 0.2) is 0 Å². The van der Waals surface area contributed by atoms with E-state index in [-0.39, 0.29) is 11.8 Å². The zero-order valence-electron chi connectivity index (χ0n) is 11.0. The lowest BCUT2D eigenvalue weighted by molar-refractivity contribution is 0.631. The number of hydrogen-bond acceptors (Lipinski definition) is 5. The van der Waals surface area contributed by atoms with E-state index in [0.717, 1.165) is 0 Å². The lowest BCUT2D eigenvalue weighted by atomic mass is 10.0. The molecule has 0 saturated carbocycles. The van der Waals surface area contributed by atoms with Crippen LogP contribution in [0.4, 0.5) is 16.2 Å². The van der Waals surface area contributed by atoms with E-state index in [4.69, 9.17) is 11.5 Å². The van der Waals surface area contributed by atoms with Crippen LogP contribution in [0, 0.1) is 5.82 Å². The van der Waals surface area contributed by atoms with Crippen molar-refractivity contribution in [3.63, 3.8) is 0 Å². The Balaban J connectivity index is 2.04. The summed E-state index contributed by atoms with van der Waals surface area (Å²) < 4.78 is 14.3. The van der Waals surface area contributed by atoms with Gasteiger partial charge in [0.1, 0.15) is 11.6 Å². The van der Waals surface area contributed by atoms with E-state index in [0.29, 0.717) is 28.1 Å². The average Bonchev–Trinajstić information content (AvgIpc) is 2.49. The molecule has 0 spiro atoms. The second-order valence-electron chi connectivity index (χ2n) is 4.46. The van der Waals surface area contributed by atoms with Gasteiger partial charge in [-0.1, -0.05) is 12.1 Å². The third-order valence-electron chi connectivity index (χ3n) is 3.10. The number of hydrogen-bond donors (Lipinski definition) is 2. The molecular weight excluding hydrogens is 269 g/mol. The van der Waals surface area contributed by atoms with E-state index >= 15 is 0 Å². The van der Waals surface area contributed by atoms with Crippen molar-refractivity contribution in [2.24, 2.45) is 0 Å². The number of pyridine rings is 1. The van der Waals surface area contributed by atoms with Crippen LogP contribution in [-0.2, 0) is 0 Å². The zero-order valence-corrected chi connectivity index (χ0v) is 11.0. The van der Waals surface area contributed by atoms with Gasteiger partial charge in [0.25, 0.3) is 0 Å². The molecule has 6 heteroatoms. The number of rotatable bonds is 2. The van der Waals surface area contributed by atoms with Crippen LogP contribution in [0.25, 0.3) is 22.3 Å². The predicted octanol–water partition coefficient (Wildman–Crippen LogP) is 2.51. The first-order valence-corrected chi connectivity index (χ1v) is 6.23. The number of nitrogen functional groups attached to an aromatic ring is 2. The lowest BCUT2D eigenvalue weighted by Gasteiger charge is -2.08. The summed E-state index contributed by atoms with van der Waals surface area (Å²) in [7, 11) is 0. The fourth-order valence-electron chi connectivity index (χ4n) is 2.06. The molecule has 3 aromatic rings. The first-order valence-electron chi connectivity index (χ1n) is 6.23. The summed E-state index contributed by atoms with van der Waals surface area (Å²) in [5.41, 5.74) is 13.5. The van der Waals surface area contributed by atoms with Crippen LogP contribution < -0.4 is 11.5 Å². The number of nitrogens with two attached hydrogens (primary N) is 2. The minimum atomic E-state index is -0.385. The summed E-state index contributed by atoms with van der Waals surface area (Å²) in [6, 6.07) is 8.40. The summed E-state index contributed by atoms with van der Waals surface area (Å²) in [5, 5.41) is 0. The molecule has 2 aromatic heterocycles. The standard InChI is InChI=1S/C15H12FN5/c16-13-6-9(12-2-1-5-19-14(12)17)3-4-11(13)10-7-20-15(18)21-8-10/h1-8H,(H2,17,19)(H2,18,20,21). The molecule has 0 fully saturated rings. The molecule has 0 aliphatic rings. The Bertz CT molecular complexity index is 786. The summed E-state index contributed by atoms with van der Waals surface area (Å²) in [6.45, 7) is 0. The Morgan fingerprint density at radius 1 is 0.857 bits per heavy atom. The van der Waals surface area contributed by atoms with E-state index in [9.17, 15) is 4.39 Å². The van der Waals surface area contributed by atoms with E-state index < -0.39 is 0 Å². The van der Waals surface area contributed by atoms with Gasteiger partial charge < -0.3 is 11.5 Å². The van der Waals surface area contributed by atoms with Gasteiger partial charge in [-0.15, -0.1) is 0 Å². The summed E-state index contributed by atoms with van der Waals surface area (Å²) >= 11 is 0. The van der Waals surface area contributed by atoms with Crippen molar-refractivity contribution in [1.29, 1.82) is 0 Å². The minimum Gasteiger partial charge on any atom is -0.383 e. The third-order valence-corrected chi connectivity index (χ3v) is 3.10. The van der Waals surface area contributed by atoms with Gasteiger partial charge >= 0.3 is 0 Å². The quantitative estimate of drug-likeness (QED) is 0.753. The average molecular weight is 281 g/mol. The maximum atomic E-state index is 14.3. The fraction of sp³-hybridized carbons (Fsp3) is 0. The molecule has 0 aliphatic carbocycles. The molecule has 5 nitrogen and oxygen atoms in total. The van der Waals surface area contributed by atoms with E-state index in [2.05, 4.69) is 15.0 Å². The van der Waals surface area contributed by atoms with Gasteiger partial charge in [0, 0.05) is 35.3 Å². The van der Waals surface area contributed by atoms with Gasteiger partial charge in [-0.2, -0.15) is 0 Å². The van der Waals surface area contributed by atoms with Crippen LogP contribution in [0.3, 0.4) is 0 Å². The molecule has 0 atom stereocenters. The minimum absolute atomic E-state index is 0.152. The Labute approximate surface area is 120 Å². The van der Waals surface area contributed by atoms with Crippen LogP contribution >= 0.6 is 0 Å². The van der Waals surface area contributed by atoms with Crippen LogP contribution in [0.2, 0.25) is 0 Å². The molecule has 0 bridgehead atoms. The van der Waals surface area contributed by atoms with Crippen molar-refractivity contribution in [2.45, 2.75) is 0 Å². The predicted molar refractivity (Wildman–Crippen MR) is 79.5 cm³/mol. The monoisotopic (exact) mass is 281 g/mol. The molecule has 0 aliphatic heterocycles. The van der Waals surface area contributed by atoms with Gasteiger partial charge in [0.05, 0.1) is 0 Å². The van der Waals surface area contributed by atoms with Crippen LogP contribution in [0.15, 0.2) is 48.9 Å². The molecule has 0 unspecified atom stereocenters. The Morgan fingerprint density at radius 3 is 2.29 bits per heavy atom. The highest BCUT2D eigenvalue weighted by Gasteiger charge is 2.10. The first kappa shape index (κ1) is 13.0. The highest BCUT2D eigenvalue weighted by molar-refractivity contribution is 5.76. The smallest absolute Gasteiger partial charge is 0.219 e. The topological polar surface area (TPSA) is 90.7 Å². The number of aromatic nitrogens is 3.